The molecule has 0 aliphatic rings. The maximum Gasteiger partial charge on any atom is 0.132 e. The highest BCUT2D eigenvalue weighted by Gasteiger charge is 2.10. The topological polar surface area (TPSA) is 19.4 Å². The van der Waals surface area contributed by atoms with Crippen molar-refractivity contribution in [3.63, 3.8) is 0 Å². The van der Waals surface area contributed by atoms with E-state index in [1.54, 1.807) is 0 Å². The number of aromatic nitrogens is 1. The van der Waals surface area contributed by atoms with Crippen molar-refractivity contribution in [3.8, 4) is 0 Å². The summed E-state index contributed by atoms with van der Waals surface area (Å²) < 4.78 is 0. The third-order valence-corrected chi connectivity index (χ3v) is 4.09. The SMILES string of the molecule is CCN(CC)CCCN(CC)c1ncccc1CBr. The van der Waals surface area contributed by atoms with E-state index in [1.807, 2.05) is 12.3 Å². The molecule has 1 aromatic heterocycles. The van der Waals surface area contributed by atoms with Crippen LogP contribution in [0.15, 0.2) is 18.3 Å². The fourth-order valence-corrected chi connectivity index (χ4v) is 2.70. The number of alkyl halides is 1. The number of pyridine rings is 1. The van der Waals surface area contributed by atoms with Crippen molar-refractivity contribution < 1.29 is 0 Å². The highest BCUT2D eigenvalue weighted by molar-refractivity contribution is 9.08. The van der Waals surface area contributed by atoms with E-state index in [2.05, 4.69) is 57.6 Å². The summed E-state index contributed by atoms with van der Waals surface area (Å²) in [6.07, 6.45) is 3.07. The van der Waals surface area contributed by atoms with Gasteiger partial charge in [-0.25, -0.2) is 4.98 Å². The zero-order valence-electron chi connectivity index (χ0n) is 12.4. The van der Waals surface area contributed by atoms with E-state index >= 15 is 0 Å². The fraction of sp³-hybridized carbons (Fsp3) is 0.667. The van der Waals surface area contributed by atoms with E-state index in [1.165, 1.54) is 18.5 Å². The fourth-order valence-electron chi connectivity index (χ4n) is 2.26. The minimum absolute atomic E-state index is 0.864. The summed E-state index contributed by atoms with van der Waals surface area (Å²) in [5, 5.41) is 0.864. The molecule has 1 heterocycles. The molecule has 0 aliphatic heterocycles. The van der Waals surface area contributed by atoms with Gasteiger partial charge in [0.25, 0.3) is 0 Å². The van der Waals surface area contributed by atoms with Gasteiger partial charge in [-0.2, -0.15) is 0 Å². The highest BCUT2D eigenvalue weighted by Crippen LogP contribution is 2.19. The lowest BCUT2D eigenvalue weighted by Gasteiger charge is -2.25. The third-order valence-electron chi connectivity index (χ3n) is 3.49. The molecule has 0 fully saturated rings. The van der Waals surface area contributed by atoms with Crippen LogP contribution in [0.4, 0.5) is 5.82 Å². The Morgan fingerprint density at radius 3 is 2.42 bits per heavy atom. The van der Waals surface area contributed by atoms with E-state index < -0.39 is 0 Å². The summed E-state index contributed by atoms with van der Waals surface area (Å²) in [4.78, 5) is 9.39. The maximum absolute atomic E-state index is 4.54. The molecule has 0 aromatic carbocycles. The number of rotatable bonds is 9. The third kappa shape index (κ3) is 5.11. The second-order valence-electron chi connectivity index (χ2n) is 4.58. The quantitative estimate of drug-likeness (QED) is 0.647. The average molecular weight is 328 g/mol. The van der Waals surface area contributed by atoms with Gasteiger partial charge in [0.05, 0.1) is 0 Å². The van der Waals surface area contributed by atoms with Gasteiger partial charge in [0, 0.05) is 30.2 Å². The van der Waals surface area contributed by atoms with E-state index in [-0.39, 0.29) is 0 Å². The summed E-state index contributed by atoms with van der Waals surface area (Å²) in [6.45, 7) is 12.2. The Bertz CT molecular complexity index is 353. The predicted molar refractivity (Wildman–Crippen MR) is 87.2 cm³/mol. The molecule has 0 spiro atoms. The summed E-state index contributed by atoms with van der Waals surface area (Å²) in [5.74, 6) is 1.13. The van der Waals surface area contributed by atoms with Crippen molar-refractivity contribution in [2.75, 3.05) is 37.6 Å². The van der Waals surface area contributed by atoms with Crippen LogP contribution < -0.4 is 4.90 Å². The number of nitrogens with zero attached hydrogens (tertiary/aromatic N) is 3. The summed E-state index contributed by atoms with van der Waals surface area (Å²) >= 11 is 3.54. The number of hydrogen-bond acceptors (Lipinski definition) is 3. The molecule has 1 aromatic rings. The molecule has 0 atom stereocenters. The Kier molecular flexibility index (Phi) is 8.07. The van der Waals surface area contributed by atoms with Crippen LogP contribution >= 0.6 is 15.9 Å². The zero-order chi connectivity index (χ0) is 14.1. The van der Waals surface area contributed by atoms with Crippen molar-refractivity contribution >= 4 is 21.7 Å². The largest absolute Gasteiger partial charge is 0.357 e. The molecule has 108 valence electrons. The Morgan fingerprint density at radius 1 is 1.11 bits per heavy atom. The van der Waals surface area contributed by atoms with Crippen LogP contribution in [-0.4, -0.2) is 42.6 Å². The molecule has 0 amide bonds. The van der Waals surface area contributed by atoms with Gasteiger partial charge in [0.1, 0.15) is 5.82 Å². The van der Waals surface area contributed by atoms with Gasteiger partial charge in [0.15, 0.2) is 0 Å². The summed E-state index contributed by atoms with van der Waals surface area (Å²) in [7, 11) is 0. The number of anilines is 1. The minimum atomic E-state index is 0.864. The second-order valence-corrected chi connectivity index (χ2v) is 5.14. The predicted octanol–water partition coefficient (Wildman–Crippen LogP) is 3.53. The molecule has 0 aliphatic carbocycles. The van der Waals surface area contributed by atoms with Gasteiger partial charge in [-0.3, -0.25) is 0 Å². The summed E-state index contributed by atoms with van der Waals surface area (Å²) in [5.41, 5.74) is 1.27. The van der Waals surface area contributed by atoms with Crippen LogP contribution in [0, 0.1) is 0 Å². The highest BCUT2D eigenvalue weighted by atomic mass is 79.9. The Morgan fingerprint density at radius 2 is 1.84 bits per heavy atom. The van der Waals surface area contributed by atoms with Gasteiger partial charge in [-0.1, -0.05) is 35.8 Å². The van der Waals surface area contributed by atoms with Gasteiger partial charge in [0.2, 0.25) is 0 Å². The Hall–Kier alpha value is -0.610. The van der Waals surface area contributed by atoms with Crippen molar-refractivity contribution in [2.45, 2.75) is 32.5 Å². The molecule has 0 radical (unpaired) electrons. The monoisotopic (exact) mass is 327 g/mol. The zero-order valence-corrected chi connectivity index (χ0v) is 14.0. The maximum atomic E-state index is 4.54. The van der Waals surface area contributed by atoms with Crippen molar-refractivity contribution in [1.29, 1.82) is 0 Å². The molecule has 0 N–H and O–H groups in total. The molecular weight excluding hydrogens is 302 g/mol. The molecule has 4 heteroatoms. The second kappa shape index (κ2) is 9.32. The van der Waals surface area contributed by atoms with Crippen LogP contribution in [0.2, 0.25) is 0 Å². The van der Waals surface area contributed by atoms with E-state index in [4.69, 9.17) is 0 Å². The molecule has 0 unspecified atom stereocenters. The molecular formula is C15H26BrN3. The lowest BCUT2D eigenvalue weighted by molar-refractivity contribution is 0.300. The van der Waals surface area contributed by atoms with Gasteiger partial charge >= 0.3 is 0 Å². The first-order valence-electron chi connectivity index (χ1n) is 7.23. The lowest BCUT2D eigenvalue weighted by Crippen LogP contribution is -2.30. The van der Waals surface area contributed by atoms with Crippen LogP contribution in [0.3, 0.4) is 0 Å². The van der Waals surface area contributed by atoms with Crippen LogP contribution in [0.5, 0.6) is 0 Å². The smallest absolute Gasteiger partial charge is 0.132 e. The first kappa shape index (κ1) is 16.4. The van der Waals surface area contributed by atoms with Gasteiger partial charge in [-0.15, -0.1) is 0 Å². The van der Waals surface area contributed by atoms with E-state index in [0.29, 0.717) is 0 Å². The van der Waals surface area contributed by atoms with Crippen LogP contribution in [-0.2, 0) is 5.33 Å². The van der Waals surface area contributed by atoms with Crippen molar-refractivity contribution in [3.05, 3.63) is 23.9 Å². The number of hydrogen-bond donors (Lipinski definition) is 0. The summed E-state index contributed by atoms with van der Waals surface area (Å²) in [6, 6.07) is 4.15. The van der Waals surface area contributed by atoms with Gasteiger partial charge in [-0.05, 0) is 39.0 Å². The first-order chi connectivity index (χ1) is 9.26. The van der Waals surface area contributed by atoms with Crippen LogP contribution in [0.25, 0.3) is 0 Å². The first-order valence-corrected chi connectivity index (χ1v) is 8.36. The molecule has 1 rings (SSSR count). The lowest BCUT2D eigenvalue weighted by atomic mass is 10.2. The Labute approximate surface area is 126 Å². The van der Waals surface area contributed by atoms with Crippen molar-refractivity contribution in [2.24, 2.45) is 0 Å². The van der Waals surface area contributed by atoms with Crippen LogP contribution in [0.1, 0.15) is 32.8 Å². The molecule has 0 bridgehead atoms. The van der Waals surface area contributed by atoms with Crippen molar-refractivity contribution in [1.82, 2.24) is 9.88 Å². The average Bonchev–Trinajstić information content (AvgIpc) is 2.48. The molecule has 19 heavy (non-hydrogen) atoms. The van der Waals surface area contributed by atoms with Gasteiger partial charge < -0.3 is 9.80 Å². The molecule has 0 saturated carbocycles. The minimum Gasteiger partial charge on any atom is -0.357 e. The van der Waals surface area contributed by atoms with E-state index in [0.717, 1.165) is 37.3 Å². The molecule has 3 nitrogen and oxygen atoms in total. The molecule has 0 saturated heterocycles. The Balaban J connectivity index is 2.58. The standard InChI is InChI=1S/C15H26BrN3/c1-4-18(5-2)11-8-12-19(6-3)15-14(13-16)9-7-10-17-15/h7,9-10H,4-6,8,11-13H2,1-3H3. The number of halogens is 1. The van der Waals surface area contributed by atoms with E-state index in [9.17, 15) is 0 Å². The normalized spacial score (nSPS) is 11.0.